The van der Waals surface area contributed by atoms with Gasteiger partial charge in [0.25, 0.3) is 0 Å². The summed E-state index contributed by atoms with van der Waals surface area (Å²) >= 11 is 0. The van der Waals surface area contributed by atoms with E-state index < -0.39 is 0 Å². The first-order chi connectivity index (χ1) is 11.2. The van der Waals surface area contributed by atoms with Crippen LogP contribution in [-0.4, -0.2) is 36.0 Å². The molecule has 0 aromatic heterocycles. The van der Waals surface area contributed by atoms with Crippen LogP contribution in [0, 0.1) is 11.7 Å². The molecule has 5 heteroatoms. The smallest absolute Gasteiger partial charge is 0.221 e. The molecule has 126 valence electrons. The first-order valence-electron chi connectivity index (χ1n) is 8.62. The molecule has 1 heterocycles. The van der Waals surface area contributed by atoms with Crippen molar-refractivity contribution in [3.63, 3.8) is 0 Å². The van der Waals surface area contributed by atoms with Crippen molar-refractivity contribution >= 4 is 5.91 Å². The Hall–Kier alpha value is -1.46. The monoisotopic (exact) mass is 319 g/mol. The van der Waals surface area contributed by atoms with E-state index in [1.165, 1.54) is 25.0 Å². The van der Waals surface area contributed by atoms with Crippen LogP contribution in [-0.2, 0) is 11.3 Å². The highest BCUT2D eigenvalue weighted by Gasteiger charge is 2.37. The molecule has 1 saturated heterocycles. The van der Waals surface area contributed by atoms with Gasteiger partial charge in [0.15, 0.2) is 0 Å². The standard InChI is InChI=1S/C18H26FN3O/c19-15-3-1-2-14(8-15)11-21-18(23)9-16-6-7-17(10-20)22(16)12-13-4-5-13/h1-3,8,13,16-17H,4-7,9-12,20H2,(H,21,23)/t16-,17+/m0/s1. The number of hydrogen-bond acceptors (Lipinski definition) is 3. The van der Waals surface area contributed by atoms with Crippen molar-refractivity contribution in [2.75, 3.05) is 13.1 Å². The summed E-state index contributed by atoms with van der Waals surface area (Å²) in [7, 11) is 0. The molecule has 2 atom stereocenters. The molecule has 0 unspecified atom stereocenters. The summed E-state index contributed by atoms with van der Waals surface area (Å²) in [5, 5.41) is 2.91. The van der Waals surface area contributed by atoms with E-state index in [0.29, 0.717) is 31.6 Å². The number of likely N-dealkylation sites (tertiary alicyclic amines) is 1. The Balaban J connectivity index is 1.50. The predicted molar refractivity (Wildman–Crippen MR) is 88.2 cm³/mol. The fraction of sp³-hybridized carbons (Fsp3) is 0.611. The lowest BCUT2D eigenvalue weighted by atomic mass is 10.1. The van der Waals surface area contributed by atoms with E-state index in [9.17, 15) is 9.18 Å². The fourth-order valence-corrected chi connectivity index (χ4v) is 3.52. The van der Waals surface area contributed by atoms with E-state index in [4.69, 9.17) is 5.73 Å². The maximum Gasteiger partial charge on any atom is 0.221 e. The molecule has 0 bridgehead atoms. The van der Waals surface area contributed by atoms with Crippen molar-refractivity contribution in [3.8, 4) is 0 Å². The van der Waals surface area contributed by atoms with Gasteiger partial charge < -0.3 is 11.1 Å². The van der Waals surface area contributed by atoms with Crippen LogP contribution >= 0.6 is 0 Å². The highest BCUT2D eigenvalue weighted by atomic mass is 19.1. The van der Waals surface area contributed by atoms with Crippen LogP contribution in [0.2, 0.25) is 0 Å². The number of benzene rings is 1. The van der Waals surface area contributed by atoms with Crippen LogP contribution in [0.3, 0.4) is 0 Å². The Morgan fingerprint density at radius 2 is 2.04 bits per heavy atom. The third-order valence-electron chi connectivity index (χ3n) is 5.01. The Morgan fingerprint density at radius 1 is 1.26 bits per heavy atom. The van der Waals surface area contributed by atoms with Crippen LogP contribution in [0.1, 0.15) is 37.7 Å². The van der Waals surface area contributed by atoms with Gasteiger partial charge in [0.05, 0.1) is 0 Å². The first kappa shape index (κ1) is 16.4. The summed E-state index contributed by atoms with van der Waals surface area (Å²) in [6, 6.07) is 7.08. The molecule has 1 aromatic carbocycles. The number of nitrogens with zero attached hydrogens (tertiary/aromatic N) is 1. The SMILES string of the molecule is NC[C@H]1CC[C@@H](CC(=O)NCc2cccc(F)c2)N1CC1CC1. The first-order valence-corrected chi connectivity index (χ1v) is 8.62. The molecule has 0 spiro atoms. The van der Waals surface area contributed by atoms with Gasteiger partial charge in [-0.05, 0) is 49.3 Å². The normalized spacial score (nSPS) is 24.8. The van der Waals surface area contributed by atoms with Crippen molar-refractivity contribution < 1.29 is 9.18 Å². The minimum atomic E-state index is -0.270. The molecule has 2 aliphatic rings. The lowest BCUT2D eigenvalue weighted by Gasteiger charge is -2.29. The minimum Gasteiger partial charge on any atom is -0.352 e. The van der Waals surface area contributed by atoms with E-state index >= 15 is 0 Å². The maximum absolute atomic E-state index is 13.1. The second-order valence-corrected chi connectivity index (χ2v) is 6.87. The summed E-state index contributed by atoms with van der Waals surface area (Å²) in [5.41, 5.74) is 6.68. The van der Waals surface area contributed by atoms with Gasteiger partial charge in [-0.1, -0.05) is 12.1 Å². The zero-order valence-corrected chi connectivity index (χ0v) is 13.5. The van der Waals surface area contributed by atoms with Gasteiger partial charge in [-0.25, -0.2) is 4.39 Å². The third kappa shape index (κ3) is 4.52. The van der Waals surface area contributed by atoms with Gasteiger partial charge in [-0.15, -0.1) is 0 Å². The Kier molecular flexibility index (Phi) is 5.28. The van der Waals surface area contributed by atoms with Gasteiger partial charge in [-0.2, -0.15) is 0 Å². The molecule has 4 nitrogen and oxygen atoms in total. The molecule has 1 saturated carbocycles. The van der Waals surface area contributed by atoms with Crippen molar-refractivity contribution in [2.45, 2.75) is 50.7 Å². The van der Waals surface area contributed by atoms with Gasteiger partial charge in [0, 0.05) is 38.1 Å². The fourth-order valence-electron chi connectivity index (χ4n) is 3.52. The zero-order valence-electron chi connectivity index (χ0n) is 13.5. The topological polar surface area (TPSA) is 58.4 Å². The lowest BCUT2D eigenvalue weighted by molar-refractivity contribution is -0.122. The minimum absolute atomic E-state index is 0.0396. The van der Waals surface area contributed by atoms with Crippen molar-refractivity contribution in [1.29, 1.82) is 0 Å². The van der Waals surface area contributed by atoms with E-state index in [2.05, 4.69) is 10.2 Å². The number of carbonyl (C=O) groups excluding carboxylic acids is 1. The van der Waals surface area contributed by atoms with Crippen molar-refractivity contribution in [2.24, 2.45) is 11.7 Å². The largest absolute Gasteiger partial charge is 0.352 e. The number of rotatable bonds is 7. The van der Waals surface area contributed by atoms with Crippen LogP contribution in [0.5, 0.6) is 0 Å². The molecule has 1 aromatic rings. The average Bonchev–Trinajstić information content (AvgIpc) is 3.28. The maximum atomic E-state index is 13.1. The average molecular weight is 319 g/mol. The molecule has 3 rings (SSSR count). The number of nitrogens with one attached hydrogen (secondary N) is 1. The number of amides is 1. The molecule has 1 aliphatic heterocycles. The molecular weight excluding hydrogens is 293 g/mol. The summed E-state index contributed by atoms with van der Waals surface area (Å²) in [6.07, 6.45) is 5.27. The molecule has 23 heavy (non-hydrogen) atoms. The Labute approximate surface area is 137 Å². The molecule has 1 amide bonds. The summed E-state index contributed by atoms with van der Waals surface area (Å²) in [5.74, 6) is 0.576. The molecule has 0 radical (unpaired) electrons. The van der Waals surface area contributed by atoms with Crippen molar-refractivity contribution in [1.82, 2.24) is 10.2 Å². The van der Waals surface area contributed by atoms with E-state index in [1.54, 1.807) is 6.07 Å². The Morgan fingerprint density at radius 3 is 2.74 bits per heavy atom. The van der Waals surface area contributed by atoms with Gasteiger partial charge in [-0.3, -0.25) is 9.69 Å². The van der Waals surface area contributed by atoms with Crippen LogP contribution in [0.4, 0.5) is 4.39 Å². The van der Waals surface area contributed by atoms with Crippen LogP contribution < -0.4 is 11.1 Å². The zero-order chi connectivity index (χ0) is 16.2. The van der Waals surface area contributed by atoms with Crippen LogP contribution in [0.15, 0.2) is 24.3 Å². The molecule has 1 aliphatic carbocycles. The number of hydrogen-bond donors (Lipinski definition) is 2. The highest BCUT2D eigenvalue weighted by molar-refractivity contribution is 5.76. The van der Waals surface area contributed by atoms with Gasteiger partial charge in [0.2, 0.25) is 5.91 Å². The number of nitrogens with two attached hydrogens (primary N) is 1. The highest BCUT2D eigenvalue weighted by Crippen LogP contribution is 2.35. The van der Waals surface area contributed by atoms with Crippen LogP contribution in [0.25, 0.3) is 0 Å². The number of halogens is 1. The molecule has 2 fully saturated rings. The van der Waals surface area contributed by atoms with Crippen molar-refractivity contribution in [3.05, 3.63) is 35.6 Å². The molecular formula is C18H26FN3O. The lowest BCUT2D eigenvalue weighted by Crippen LogP contribution is -2.43. The molecule has 3 N–H and O–H groups in total. The predicted octanol–water partition coefficient (Wildman–Crippen LogP) is 2.03. The Bertz CT molecular complexity index is 547. The summed E-state index contributed by atoms with van der Waals surface area (Å²) < 4.78 is 13.1. The quantitative estimate of drug-likeness (QED) is 0.808. The summed E-state index contributed by atoms with van der Waals surface area (Å²) in [6.45, 7) is 2.14. The summed E-state index contributed by atoms with van der Waals surface area (Å²) in [4.78, 5) is 14.7. The van der Waals surface area contributed by atoms with E-state index in [1.807, 2.05) is 6.07 Å². The van der Waals surface area contributed by atoms with Gasteiger partial charge >= 0.3 is 0 Å². The van der Waals surface area contributed by atoms with Gasteiger partial charge in [0.1, 0.15) is 5.82 Å². The van der Waals surface area contributed by atoms with E-state index in [-0.39, 0.29) is 11.7 Å². The third-order valence-corrected chi connectivity index (χ3v) is 5.01. The van der Waals surface area contributed by atoms with E-state index in [0.717, 1.165) is 30.9 Å². The second kappa shape index (κ2) is 7.41. The second-order valence-electron chi connectivity index (χ2n) is 6.87. The number of carbonyl (C=O) groups is 1.